The Morgan fingerprint density at radius 1 is 0.975 bits per heavy atom. The van der Waals surface area contributed by atoms with E-state index >= 15 is 0 Å². The number of benzene rings is 3. The predicted octanol–water partition coefficient (Wildman–Crippen LogP) is 6.08. The number of anilines is 1. The minimum atomic E-state index is -3.71. The quantitative estimate of drug-likeness (QED) is 0.239. The van der Waals surface area contributed by atoms with Gasteiger partial charge in [-0.15, -0.1) is 0 Å². The number of halogens is 3. The van der Waals surface area contributed by atoms with E-state index in [0.717, 1.165) is 26.2 Å². The molecule has 0 aliphatic rings. The topological polar surface area (TPSA) is 86.8 Å². The summed E-state index contributed by atoms with van der Waals surface area (Å²) in [4.78, 5) is 28.7. The third kappa shape index (κ3) is 9.23. The van der Waals surface area contributed by atoms with E-state index in [9.17, 15) is 18.0 Å². The molecule has 3 aromatic rings. The van der Waals surface area contributed by atoms with Gasteiger partial charge in [-0.05, 0) is 54.8 Å². The first kappa shape index (κ1) is 31.9. The van der Waals surface area contributed by atoms with Crippen LogP contribution in [-0.4, -0.2) is 50.5 Å². The molecule has 0 radical (unpaired) electrons. The van der Waals surface area contributed by atoms with Crippen molar-refractivity contribution in [3.63, 3.8) is 0 Å². The van der Waals surface area contributed by atoms with Gasteiger partial charge < -0.3 is 10.2 Å². The van der Waals surface area contributed by atoms with Crippen LogP contribution in [0.3, 0.4) is 0 Å². The molecule has 0 fully saturated rings. The summed E-state index contributed by atoms with van der Waals surface area (Å²) in [6, 6.07) is 20.9. The fourth-order valence-corrected chi connectivity index (χ4v) is 6.19. The van der Waals surface area contributed by atoms with E-state index < -0.39 is 16.1 Å². The third-order valence-electron chi connectivity index (χ3n) is 6.19. The summed E-state index contributed by atoms with van der Waals surface area (Å²) >= 11 is 15.9. The Morgan fingerprint density at radius 3 is 2.33 bits per heavy atom. The van der Waals surface area contributed by atoms with Crippen LogP contribution in [0.2, 0.25) is 10.0 Å². The molecule has 1 atom stereocenters. The molecule has 0 saturated carbocycles. The molecule has 0 spiro atoms. The van der Waals surface area contributed by atoms with Crippen molar-refractivity contribution in [2.45, 2.75) is 38.8 Å². The Labute approximate surface area is 254 Å². The summed E-state index contributed by atoms with van der Waals surface area (Å²) in [7, 11) is -3.71. The van der Waals surface area contributed by atoms with E-state index in [1.807, 2.05) is 61.5 Å². The molecule has 3 aromatic carbocycles. The average molecular weight is 669 g/mol. The Bertz CT molecular complexity index is 1420. The van der Waals surface area contributed by atoms with Gasteiger partial charge in [0, 0.05) is 42.0 Å². The van der Waals surface area contributed by atoms with Gasteiger partial charge in [0.15, 0.2) is 0 Å². The minimum absolute atomic E-state index is 0.0138. The smallest absolute Gasteiger partial charge is 0.243 e. The van der Waals surface area contributed by atoms with Gasteiger partial charge in [0.2, 0.25) is 21.8 Å². The molecule has 40 heavy (non-hydrogen) atoms. The van der Waals surface area contributed by atoms with Crippen LogP contribution in [-0.2, 0) is 32.6 Å². The second-order valence-electron chi connectivity index (χ2n) is 9.29. The van der Waals surface area contributed by atoms with Gasteiger partial charge in [-0.1, -0.05) is 81.6 Å². The number of likely N-dealkylation sites (N-methyl/N-ethyl adjacent to an activating group) is 1. The van der Waals surface area contributed by atoms with Gasteiger partial charge in [-0.3, -0.25) is 13.9 Å². The zero-order chi connectivity index (χ0) is 29.3. The lowest BCUT2D eigenvalue weighted by atomic mass is 10.0. The number of amides is 2. The highest BCUT2D eigenvalue weighted by Gasteiger charge is 2.30. The predicted molar refractivity (Wildman–Crippen MR) is 165 cm³/mol. The first-order chi connectivity index (χ1) is 19.0. The molecule has 2 amide bonds. The monoisotopic (exact) mass is 667 g/mol. The van der Waals surface area contributed by atoms with Gasteiger partial charge in [-0.2, -0.15) is 0 Å². The summed E-state index contributed by atoms with van der Waals surface area (Å²) in [6.45, 7) is 2.48. The molecular weight excluding hydrogens is 637 g/mol. The van der Waals surface area contributed by atoms with Crippen LogP contribution in [0.25, 0.3) is 0 Å². The molecule has 0 heterocycles. The van der Waals surface area contributed by atoms with Crippen molar-refractivity contribution in [1.82, 2.24) is 10.2 Å². The molecule has 0 unspecified atom stereocenters. The van der Waals surface area contributed by atoms with Crippen LogP contribution in [0.1, 0.15) is 30.9 Å². The van der Waals surface area contributed by atoms with Crippen molar-refractivity contribution >= 4 is 66.7 Å². The van der Waals surface area contributed by atoms with E-state index in [4.69, 9.17) is 23.2 Å². The molecule has 0 aliphatic heterocycles. The number of sulfonamides is 1. The largest absolute Gasteiger partial charge is 0.355 e. The maximum absolute atomic E-state index is 13.8. The van der Waals surface area contributed by atoms with Crippen LogP contribution in [0.5, 0.6) is 0 Å². The maximum atomic E-state index is 13.8. The Balaban J connectivity index is 1.88. The zero-order valence-corrected chi connectivity index (χ0v) is 26.2. The summed E-state index contributed by atoms with van der Waals surface area (Å²) in [5.41, 5.74) is 2.03. The van der Waals surface area contributed by atoms with Gasteiger partial charge in [0.1, 0.15) is 6.04 Å². The van der Waals surface area contributed by atoms with Crippen LogP contribution in [0, 0.1) is 0 Å². The summed E-state index contributed by atoms with van der Waals surface area (Å²) in [5.74, 6) is -0.518. The fraction of sp³-hybridized carbons (Fsp3) is 0.310. The van der Waals surface area contributed by atoms with Crippen LogP contribution < -0.4 is 9.62 Å². The SMILES string of the molecule is CCNC(=O)[C@@H](Cc1ccccc1)N(Cc1cccc(Br)c1)C(=O)CCCN(c1cc(Cl)ccc1Cl)S(C)(=O)=O. The van der Waals surface area contributed by atoms with Crippen LogP contribution in [0.4, 0.5) is 5.69 Å². The Hall–Kier alpha value is -2.59. The highest BCUT2D eigenvalue weighted by molar-refractivity contribution is 9.10. The first-order valence-electron chi connectivity index (χ1n) is 12.8. The van der Waals surface area contributed by atoms with Crippen molar-refractivity contribution in [2.24, 2.45) is 0 Å². The highest BCUT2D eigenvalue weighted by Crippen LogP contribution is 2.31. The Kier molecular flexibility index (Phi) is 11.9. The second-order valence-corrected chi connectivity index (χ2v) is 13.0. The normalized spacial score (nSPS) is 12.0. The van der Waals surface area contributed by atoms with Gasteiger partial charge in [0.05, 0.1) is 17.0 Å². The van der Waals surface area contributed by atoms with E-state index in [0.29, 0.717) is 18.0 Å². The number of rotatable bonds is 13. The Morgan fingerprint density at radius 2 is 1.68 bits per heavy atom. The average Bonchev–Trinajstić information content (AvgIpc) is 2.90. The first-order valence-corrected chi connectivity index (χ1v) is 16.2. The molecule has 0 saturated heterocycles. The zero-order valence-electron chi connectivity index (χ0n) is 22.3. The third-order valence-corrected chi connectivity index (χ3v) is 8.42. The van der Waals surface area contributed by atoms with Crippen molar-refractivity contribution in [2.75, 3.05) is 23.7 Å². The molecule has 7 nitrogen and oxygen atoms in total. The lowest BCUT2D eigenvalue weighted by Crippen LogP contribution is -2.50. The number of hydrogen-bond donors (Lipinski definition) is 1. The van der Waals surface area contributed by atoms with Crippen molar-refractivity contribution in [1.29, 1.82) is 0 Å². The molecule has 11 heteroatoms. The number of carbonyl (C=O) groups is 2. The molecule has 0 bridgehead atoms. The lowest BCUT2D eigenvalue weighted by molar-refractivity contribution is -0.141. The molecule has 3 rings (SSSR count). The molecule has 214 valence electrons. The molecule has 0 aliphatic carbocycles. The fourth-order valence-electron chi connectivity index (χ4n) is 4.34. The molecular formula is C29H32BrCl2N3O4S. The number of carbonyl (C=O) groups excluding carboxylic acids is 2. The lowest BCUT2D eigenvalue weighted by Gasteiger charge is -2.32. The minimum Gasteiger partial charge on any atom is -0.355 e. The van der Waals surface area contributed by atoms with Crippen LogP contribution >= 0.6 is 39.1 Å². The van der Waals surface area contributed by atoms with E-state index in [-0.39, 0.29) is 48.5 Å². The summed E-state index contributed by atoms with van der Waals surface area (Å²) < 4.78 is 27.3. The van der Waals surface area contributed by atoms with E-state index in [1.54, 1.807) is 11.0 Å². The van der Waals surface area contributed by atoms with Gasteiger partial charge in [0.25, 0.3) is 0 Å². The van der Waals surface area contributed by atoms with Gasteiger partial charge in [-0.25, -0.2) is 8.42 Å². The highest BCUT2D eigenvalue weighted by atomic mass is 79.9. The van der Waals surface area contributed by atoms with Crippen molar-refractivity contribution < 1.29 is 18.0 Å². The van der Waals surface area contributed by atoms with E-state index in [1.165, 1.54) is 12.1 Å². The molecule has 0 aromatic heterocycles. The number of nitrogens with one attached hydrogen (secondary N) is 1. The van der Waals surface area contributed by atoms with Crippen LogP contribution in [0.15, 0.2) is 77.3 Å². The second kappa shape index (κ2) is 14.9. The maximum Gasteiger partial charge on any atom is 0.243 e. The van der Waals surface area contributed by atoms with Crippen molar-refractivity contribution in [3.05, 3.63) is 98.4 Å². The molecule has 1 N–H and O–H groups in total. The van der Waals surface area contributed by atoms with E-state index in [2.05, 4.69) is 21.2 Å². The van der Waals surface area contributed by atoms with Gasteiger partial charge >= 0.3 is 0 Å². The number of nitrogens with zero attached hydrogens (tertiary/aromatic N) is 2. The van der Waals surface area contributed by atoms with Crippen molar-refractivity contribution in [3.8, 4) is 0 Å². The number of hydrogen-bond acceptors (Lipinski definition) is 4. The summed E-state index contributed by atoms with van der Waals surface area (Å²) in [6.07, 6.45) is 1.64. The standard InChI is InChI=1S/C29H32BrCl2N3O4S/c1-3-33-29(37)27(18-21-9-5-4-6-10-21)34(20-22-11-7-12-23(30)17-22)28(36)13-8-16-35(40(2,38)39)26-19-24(31)14-15-25(26)32/h4-7,9-12,14-15,17,19,27H,3,8,13,16,18,20H2,1-2H3,(H,33,37)/t27-/m1/s1. The summed E-state index contributed by atoms with van der Waals surface area (Å²) in [5, 5.41) is 3.44.